The van der Waals surface area contributed by atoms with Gasteiger partial charge in [0, 0.05) is 23.3 Å². The molecule has 0 aliphatic rings. The standard InChI is InChI=1S/C20H14FN3O2/c21-15-8-14(9-22-10-15)19-18-16(17(25)11-23-19)6-7-24(20(18)26)12-13-4-2-1-3-5-13/h1-11,25H,12H2. The fraction of sp³-hybridized carbons (Fsp3) is 0.0500. The summed E-state index contributed by atoms with van der Waals surface area (Å²) in [6, 6.07) is 12.5. The maximum atomic E-state index is 13.6. The van der Waals surface area contributed by atoms with Crippen molar-refractivity contribution in [3.05, 3.63) is 89.0 Å². The maximum absolute atomic E-state index is 13.6. The van der Waals surface area contributed by atoms with Crippen LogP contribution in [0.3, 0.4) is 0 Å². The molecule has 4 aromatic rings. The Bertz CT molecular complexity index is 1160. The lowest BCUT2D eigenvalue weighted by Gasteiger charge is -2.11. The number of fused-ring (bicyclic) bond motifs is 1. The highest BCUT2D eigenvalue weighted by molar-refractivity contribution is 5.97. The van der Waals surface area contributed by atoms with Crippen molar-refractivity contribution in [2.75, 3.05) is 0 Å². The van der Waals surface area contributed by atoms with Crippen LogP contribution < -0.4 is 5.56 Å². The molecule has 3 heterocycles. The molecule has 0 saturated heterocycles. The highest BCUT2D eigenvalue weighted by atomic mass is 19.1. The first-order valence-electron chi connectivity index (χ1n) is 7.99. The lowest BCUT2D eigenvalue weighted by molar-refractivity contribution is 0.479. The average Bonchev–Trinajstić information content (AvgIpc) is 2.65. The predicted octanol–water partition coefficient (Wildman–Crippen LogP) is 3.35. The van der Waals surface area contributed by atoms with Crippen molar-refractivity contribution in [3.63, 3.8) is 0 Å². The third-order valence-corrected chi connectivity index (χ3v) is 4.17. The molecule has 5 nitrogen and oxygen atoms in total. The van der Waals surface area contributed by atoms with Gasteiger partial charge < -0.3 is 9.67 Å². The first-order valence-corrected chi connectivity index (χ1v) is 7.99. The molecule has 0 radical (unpaired) electrons. The second-order valence-electron chi connectivity index (χ2n) is 5.91. The highest BCUT2D eigenvalue weighted by Gasteiger charge is 2.15. The number of aromatic hydroxyl groups is 1. The van der Waals surface area contributed by atoms with Gasteiger partial charge in [0.05, 0.1) is 30.0 Å². The molecular formula is C20H14FN3O2. The molecule has 1 N–H and O–H groups in total. The Morgan fingerprint density at radius 1 is 1.08 bits per heavy atom. The molecule has 3 aromatic heterocycles. The van der Waals surface area contributed by atoms with Crippen LogP contribution in [0.5, 0.6) is 5.75 Å². The molecule has 0 spiro atoms. The SMILES string of the molecule is O=c1c2c(-c3cncc(F)c3)ncc(O)c2ccn1Cc1ccccc1. The zero-order valence-electron chi connectivity index (χ0n) is 13.6. The van der Waals surface area contributed by atoms with Crippen molar-refractivity contribution in [1.29, 1.82) is 0 Å². The minimum atomic E-state index is -0.522. The van der Waals surface area contributed by atoms with Crippen LogP contribution in [0.25, 0.3) is 22.0 Å². The van der Waals surface area contributed by atoms with Gasteiger partial charge in [-0.3, -0.25) is 14.8 Å². The molecule has 0 saturated carbocycles. The van der Waals surface area contributed by atoms with Crippen molar-refractivity contribution in [3.8, 4) is 17.0 Å². The van der Waals surface area contributed by atoms with Gasteiger partial charge in [-0.2, -0.15) is 0 Å². The average molecular weight is 347 g/mol. The van der Waals surface area contributed by atoms with E-state index in [1.807, 2.05) is 30.3 Å². The van der Waals surface area contributed by atoms with Crippen LogP contribution in [0.1, 0.15) is 5.56 Å². The van der Waals surface area contributed by atoms with Crippen LogP contribution in [-0.4, -0.2) is 19.6 Å². The number of aromatic nitrogens is 3. The van der Waals surface area contributed by atoms with Gasteiger partial charge in [-0.05, 0) is 17.7 Å². The van der Waals surface area contributed by atoms with E-state index in [2.05, 4.69) is 9.97 Å². The Balaban J connectivity index is 1.95. The molecule has 0 unspecified atom stereocenters. The Hall–Kier alpha value is -3.54. The fourth-order valence-corrected chi connectivity index (χ4v) is 2.94. The summed E-state index contributed by atoms with van der Waals surface area (Å²) in [6.07, 6.45) is 5.41. The summed E-state index contributed by atoms with van der Waals surface area (Å²) in [5, 5.41) is 10.7. The summed E-state index contributed by atoms with van der Waals surface area (Å²) in [4.78, 5) is 21.0. The van der Waals surface area contributed by atoms with E-state index in [0.29, 0.717) is 17.5 Å². The van der Waals surface area contributed by atoms with Crippen LogP contribution in [0.2, 0.25) is 0 Å². The van der Waals surface area contributed by atoms with Crippen LogP contribution in [-0.2, 0) is 6.54 Å². The number of rotatable bonds is 3. The van der Waals surface area contributed by atoms with E-state index in [0.717, 1.165) is 11.8 Å². The molecule has 26 heavy (non-hydrogen) atoms. The molecule has 0 bridgehead atoms. The van der Waals surface area contributed by atoms with Crippen LogP contribution in [0.4, 0.5) is 4.39 Å². The summed E-state index contributed by atoms with van der Waals surface area (Å²) in [6.45, 7) is 0.381. The van der Waals surface area contributed by atoms with Gasteiger partial charge in [0.25, 0.3) is 5.56 Å². The third kappa shape index (κ3) is 2.82. The Kier molecular flexibility index (Phi) is 3.93. The van der Waals surface area contributed by atoms with Gasteiger partial charge >= 0.3 is 0 Å². The van der Waals surface area contributed by atoms with Crippen molar-refractivity contribution >= 4 is 10.8 Å². The molecule has 0 aliphatic carbocycles. The number of hydrogen-bond donors (Lipinski definition) is 1. The van der Waals surface area contributed by atoms with Crippen LogP contribution in [0.15, 0.2) is 72.0 Å². The highest BCUT2D eigenvalue weighted by Crippen LogP contribution is 2.29. The molecule has 1 aromatic carbocycles. The van der Waals surface area contributed by atoms with E-state index in [-0.39, 0.29) is 22.4 Å². The van der Waals surface area contributed by atoms with Crippen LogP contribution >= 0.6 is 0 Å². The van der Waals surface area contributed by atoms with Gasteiger partial charge in [0.15, 0.2) is 0 Å². The Morgan fingerprint density at radius 2 is 1.88 bits per heavy atom. The minimum Gasteiger partial charge on any atom is -0.506 e. The molecule has 128 valence electrons. The zero-order valence-corrected chi connectivity index (χ0v) is 13.6. The summed E-state index contributed by atoms with van der Waals surface area (Å²) in [5.41, 5.74) is 1.33. The molecule has 0 fully saturated rings. The first kappa shape index (κ1) is 16.0. The lowest BCUT2D eigenvalue weighted by Crippen LogP contribution is -2.21. The van der Waals surface area contributed by atoms with Gasteiger partial charge in [-0.25, -0.2) is 4.39 Å². The van der Waals surface area contributed by atoms with Crippen LogP contribution in [0, 0.1) is 5.82 Å². The van der Waals surface area contributed by atoms with E-state index >= 15 is 0 Å². The quantitative estimate of drug-likeness (QED) is 0.617. The predicted molar refractivity (Wildman–Crippen MR) is 96.4 cm³/mol. The van der Waals surface area contributed by atoms with Gasteiger partial charge in [-0.15, -0.1) is 0 Å². The van der Waals surface area contributed by atoms with Crippen molar-refractivity contribution in [2.45, 2.75) is 6.54 Å². The number of hydrogen-bond acceptors (Lipinski definition) is 4. The molecule has 0 atom stereocenters. The number of benzene rings is 1. The largest absolute Gasteiger partial charge is 0.506 e. The minimum absolute atomic E-state index is 0.0999. The van der Waals surface area contributed by atoms with Gasteiger partial charge in [0.1, 0.15) is 11.6 Å². The Morgan fingerprint density at radius 3 is 2.65 bits per heavy atom. The molecule has 6 heteroatoms. The second-order valence-corrected chi connectivity index (χ2v) is 5.91. The smallest absolute Gasteiger partial charge is 0.261 e. The number of nitrogens with zero attached hydrogens (tertiary/aromatic N) is 3. The fourth-order valence-electron chi connectivity index (χ4n) is 2.94. The van der Waals surface area contributed by atoms with E-state index in [9.17, 15) is 14.3 Å². The topological polar surface area (TPSA) is 68.0 Å². The summed E-state index contributed by atoms with van der Waals surface area (Å²) in [7, 11) is 0. The van der Waals surface area contributed by atoms with E-state index in [4.69, 9.17) is 0 Å². The van der Waals surface area contributed by atoms with E-state index in [1.54, 1.807) is 12.3 Å². The molecular weight excluding hydrogens is 333 g/mol. The Labute approximate surface area is 148 Å². The van der Waals surface area contributed by atoms with E-state index in [1.165, 1.54) is 23.0 Å². The summed E-state index contributed by atoms with van der Waals surface area (Å²) < 4.78 is 15.1. The normalized spacial score (nSPS) is 11.0. The molecule has 4 rings (SSSR count). The monoisotopic (exact) mass is 347 g/mol. The lowest BCUT2D eigenvalue weighted by atomic mass is 10.1. The molecule has 0 aliphatic heterocycles. The maximum Gasteiger partial charge on any atom is 0.261 e. The zero-order chi connectivity index (χ0) is 18.1. The number of halogens is 1. The van der Waals surface area contributed by atoms with Gasteiger partial charge in [0.2, 0.25) is 0 Å². The van der Waals surface area contributed by atoms with E-state index < -0.39 is 5.82 Å². The third-order valence-electron chi connectivity index (χ3n) is 4.17. The van der Waals surface area contributed by atoms with Gasteiger partial charge in [-0.1, -0.05) is 30.3 Å². The van der Waals surface area contributed by atoms with Crippen molar-refractivity contribution < 1.29 is 9.50 Å². The second kappa shape index (κ2) is 6.40. The molecule has 0 amide bonds. The number of pyridine rings is 3. The summed E-state index contributed by atoms with van der Waals surface area (Å²) in [5.74, 6) is -0.622. The summed E-state index contributed by atoms with van der Waals surface area (Å²) >= 11 is 0. The first-order chi connectivity index (χ1) is 12.6. The van der Waals surface area contributed by atoms with Crippen molar-refractivity contribution in [2.24, 2.45) is 0 Å². The van der Waals surface area contributed by atoms with Crippen molar-refractivity contribution in [1.82, 2.24) is 14.5 Å².